The first-order valence-electron chi connectivity index (χ1n) is 6.13. The van der Waals surface area contributed by atoms with Crippen molar-refractivity contribution in [3.8, 4) is 0 Å². The highest BCUT2D eigenvalue weighted by Gasteiger charge is 2.17. The summed E-state index contributed by atoms with van der Waals surface area (Å²) < 4.78 is 0. The Kier molecular flexibility index (Phi) is 4.08. The summed E-state index contributed by atoms with van der Waals surface area (Å²) in [6.07, 6.45) is 0. The normalized spacial score (nSPS) is 11.6. The van der Waals surface area contributed by atoms with Crippen molar-refractivity contribution < 1.29 is 9.59 Å². The van der Waals surface area contributed by atoms with Crippen LogP contribution in [0, 0.1) is 0 Å². The van der Waals surface area contributed by atoms with Gasteiger partial charge in [0.05, 0.1) is 6.04 Å². The van der Waals surface area contributed by atoms with Crippen LogP contribution >= 0.6 is 0 Å². The van der Waals surface area contributed by atoms with Crippen molar-refractivity contribution in [3.63, 3.8) is 0 Å². The molecule has 19 heavy (non-hydrogen) atoms. The Balaban J connectivity index is 2.04. The molecule has 96 valence electrons. The molecule has 0 heterocycles. The number of amides is 1. The summed E-state index contributed by atoms with van der Waals surface area (Å²) in [6, 6.07) is 17.3. The summed E-state index contributed by atoms with van der Waals surface area (Å²) in [7, 11) is 0. The summed E-state index contributed by atoms with van der Waals surface area (Å²) in [5.41, 5.74) is 1.15. The zero-order valence-electron chi connectivity index (χ0n) is 10.7. The Labute approximate surface area is 112 Å². The quantitative estimate of drug-likeness (QED) is 0.851. The van der Waals surface area contributed by atoms with Gasteiger partial charge in [0.25, 0.3) is 5.91 Å². The van der Waals surface area contributed by atoms with E-state index >= 15 is 0 Å². The molecule has 0 aliphatic rings. The molecule has 0 aromatic heterocycles. The molecule has 0 aliphatic carbocycles. The molecule has 0 aliphatic heterocycles. The van der Waals surface area contributed by atoms with E-state index in [9.17, 15) is 9.59 Å². The van der Waals surface area contributed by atoms with Gasteiger partial charge in [-0.15, -0.1) is 0 Å². The maximum Gasteiger partial charge on any atom is 0.251 e. The van der Waals surface area contributed by atoms with Gasteiger partial charge in [0.1, 0.15) is 0 Å². The number of rotatable bonds is 4. The molecule has 0 bridgehead atoms. The lowest BCUT2D eigenvalue weighted by atomic mass is 10.1. The van der Waals surface area contributed by atoms with E-state index in [-0.39, 0.29) is 11.7 Å². The maximum absolute atomic E-state index is 12.1. The van der Waals surface area contributed by atoms with E-state index in [4.69, 9.17) is 0 Å². The summed E-state index contributed by atoms with van der Waals surface area (Å²) in [4.78, 5) is 24.0. The number of ketones is 1. The fraction of sp³-hybridized carbons (Fsp3) is 0.125. The van der Waals surface area contributed by atoms with Crippen LogP contribution in [0.5, 0.6) is 0 Å². The molecule has 0 unspecified atom stereocenters. The van der Waals surface area contributed by atoms with Crippen molar-refractivity contribution in [2.24, 2.45) is 0 Å². The van der Waals surface area contributed by atoms with Crippen molar-refractivity contribution in [2.75, 3.05) is 0 Å². The fourth-order valence-electron chi connectivity index (χ4n) is 1.79. The number of Topliss-reactive ketones (excluding diaryl/α,β-unsaturated/α-hetero) is 1. The second-order valence-corrected chi connectivity index (χ2v) is 4.29. The predicted octanol–water partition coefficient (Wildman–Crippen LogP) is 2.69. The van der Waals surface area contributed by atoms with Crippen molar-refractivity contribution in [1.82, 2.24) is 5.32 Å². The maximum atomic E-state index is 12.1. The van der Waals surface area contributed by atoms with Gasteiger partial charge in [-0.3, -0.25) is 9.59 Å². The Morgan fingerprint density at radius 2 is 1.32 bits per heavy atom. The minimum atomic E-state index is -0.546. The summed E-state index contributed by atoms with van der Waals surface area (Å²) in [5, 5.41) is 2.71. The molecule has 0 saturated carbocycles. The van der Waals surface area contributed by atoms with Gasteiger partial charge < -0.3 is 5.32 Å². The molecule has 0 radical (unpaired) electrons. The van der Waals surface area contributed by atoms with Crippen molar-refractivity contribution in [1.29, 1.82) is 0 Å². The van der Waals surface area contributed by atoms with Crippen LogP contribution in [0.1, 0.15) is 27.6 Å². The van der Waals surface area contributed by atoms with Gasteiger partial charge >= 0.3 is 0 Å². The minimum Gasteiger partial charge on any atom is -0.342 e. The number of benzene rings is 2. The highest BCUT2D eigenvalue weighted by molar-refractivity contribution is 6.04. The third-order valence-corrected chi connectivity index (χ3v) is 2.84. The summed E-state index contributed by atoms with van der Waals surface area (Å²) in [6.45, 7) is 1.69. The van der Waals surface area contributed by atoms with E-state index in [2.05, 4.69) is 5.32 Å². The largest absolute Gasteiger partial charge is 0.342 e. The van der Waals surface area contributed by atoms with Gasteiger partial charge in [0.2, 0.25) is 0 Å². The van der Waals surface area contributed by atoms with Gasteiger partial charge in [-0.2, -0.15) is 0 Å². The zero-order valence-corrected chi connectivity index (χ0v) is 10.7. The van der Waals surface area contributed by atoms with Crippen LogP contribution in [0.2, 0.25) is 0 Å². The van der Waals surface area contributed by atoms with Gasteiger partial charge in [-0.1, -0.05) is 48.5 Å². The molecule has 3 heteroatoms. The average Bonchev–Trinajstić information content (AvgIpc) is 2.48. The number of nitrogens with one attached hydrogen (secondary N) is 1. The predicted molar refractivity (Wildman–Crippen MR) is 74.1 cm³/mol. The second kappa shape index (κ2) is 5.96. The number of hydrogen-bond donors (Lipinski definition) is 1. The fourth-order valence-corrected chi connectivity index (χ4v) is 1.79. The monoisotopic (exact) mass is 253 g/mol. The topological polar surface area (TPSA) is 46.2 Å². The molecule has 1 amide bonds. The molecule has 1 atom stereocenters. The molecular formula is C16H15NO2. The summed E-state index contributed by atoms with van der Waals surface area (Å²) >= 11 is 0. The molecule has 3 nitrogen and oxygen atoms in total. The Bertz CT molecular complexity index is 564. The van der Waals surface area contributed by atoms with Crippen LogP contribution in [0.15, 0.2) is 60.7 Å². The molecule has 2 rings (SSSR count). The standard InChI is InChI=1S/C16H15NO2/c1-12(15(18)13-8-4-2-5-9-13)17-16(19)14-10-6-3-7-11-14/h2-12H,1H3,(H,17,19)/t12-/m0/s1. The molecule has 2 aromatic rings. The first kappa shape index (κ1) is 13.0. The summed E-state index contributed by atoms with van der Waals surface area (Å²) in [5.74, 6) is -0.331. The Hall–Kier alpha value is -2.42. The molecule has 0 saturated heterocycles. The zero-order chi connectivity index (χ0) is 13.7. The van der Waals surface area contributed by atoms with Crippen LogP contribution in [-0.4, -0.2) is 17.7 Å². The highest BCUT2D eigenvalue weighted by Crippen LogP contribution is 2.05. The van der Waals surface area contributed by atoms with Gasteiger partial charge in [-0.05, 0) is 19.1 Å². The van der Waals surface area contributed by atoms with E-state index in [1.165, 1.54) is 0 Å². The second-order valence-electron chi connectivity index (χ2n) is 4.29. The van der Waals surface area contributed by atoms with Crippen molar-refractivity contribution >= 4 is 11.7 Å². The Morgan fingerprint density at radius 3 is 1.84 bits per heavy atom. The van der Waals surface area contributed by atoms with Crippen LogP contribution in [0.3, 0.4) is 0 Å². The van der Waals surface area contributed by atoms with Crippen molar-refractivity contribution in [2.45, 2.75) is 13.0 Å². The first-order valence-corrected chi connectivity index (χ1v) is 6.13. The average molecular weight is 253 g/mol. The smallest absolute Gasteiger partial charge is 0.251 e. The SMILES string of the molecule is C[C@H](NC(=O)c1ccccc1)C(=O)c1ccccc1. The van der Waals surface area contributed by atoms with Crippen LogP contribution in [-0.2, 0) is 0 Å². The molecule has 0 spiro atoms. The van der Waals surface area contributed by atoms with E-state index in [1.54, 1.807) is 55.5 Å². The lowest BCUT2D eigenvalue weighted by Crippen LogP contribution is -2.38. The first-order chi connectivity index (χ1) is 9.18. The van der Waals surface area contributed by atoms with Crippen LogP contribution < -0.4 is 5.32 Å². The lowest BCUT2D eigenvalue weighted by Gasteiger charge is -2.12. The van der Waals surface area contributed by atoms with Crippen LogP contribution in [0.25, 0.3) is 0 Å². The third kappa shape index (κ3) is 3.28. The highest BCUT2D eigenvalue weighted by atomic mass is 16.2. The van der Waals surface area contributed by atoms with E-state index < -0.39 is 6.04 Å². The number of carbonyl (C=O) groups is 2. The number of carbonyl (C=O) groups excluding carboxylic acids is 2. The molecular weight excluding hydrogens is 238 g/mol. The lowest BCUT2D eigenvalue weighted by molar-refractivity contribution is 0.0865. The van der Waals surface area contributed by atoms with E-state index in [1.807, 2.05) is 12.1 Å². The Morgan fingerprint density at radius 1 is 0.842 bits per heavy atom. The molecule has 1 N–H and O–H groups in total. The van der Waals surface area contributed by atoms with Gasteiger partial charge in [0, 0.05) is 11.1 Å². The van der Waals surface area contributed by atoms with E-state index in [0.717, 1.165) is 0 Å². The van der Waals surface area contributed by atoms with Gasteiger partial charge in [-0.25, -0.2) is 0 Å². The van der Waals surface area contributed by atoms with Crippen molar-refractivity contribution in [3.05, 3.63) is 71.8 Å². The van der Waals surface area contributed by atoms with Gasteiger partial charge in [0.15, 0.2) is 5.78 Å². The molecule has 0 fully saturated rings. The van der Waals surface area contributed by atoms with Crippen LogP contribution in [0.4, 0.5) is 0 Å². The minimum absolute atomic E-state index is 0.0927. The number of hydrogen-bond acceptors (Lipinski definition) is 2. The van der Waals surface area contributed by atoms with E-state index in [0.29, 0.717) is 11.1 Å². The third-order valence-electron chi connectivity index (χ3n) is 2.84. The molecule has 2 aromatic carbocycles.